The maximum Gasteiger partial charge on any atom is 0.495 e. The summed E-state index contributed by atoms with van der Waals surface area (Å²) in [6, 6.07) is 3.23. The van der Waals surface area contributed by atoms with Gasteiger partial charge in [-0.05, 0) is 51.7 Å². The zero-order valence-electron chi connectivity index (χ0n) is 12.0. The number of hydrogen-bond acceptors (Lipinski definition) is 4. The molecule has 0 aliphatic carbocycles. The van der Waals surface area contributed by atoms with Gasteiger partial charge in [0.05, 0.1) is 16.8 Å². The minimum absolute atomic E-state index is 0.0206. The summed E-state index contributed by atoms with van der Waals surface area (Å²) in [5.41, 5.74) is 0.895. The van der Waals surface area contributed by atoms with Gasteiger partial charge in [-0.1, -0.05) is 6.07 Å². The van der Waals surface area contributed by atoms with E-state index in [1.807, 2.05) is 27.7 Å². The molecular formula is C14H19BO4. The first-order chi connectivity index (χ1) is 8.69. The minimum atomic E-state index is -0.524. The minimum Gasteiger partial charge on any atom is -0.507 e. The predicted molar refractivity (Wildman–Crippen MR) is 73.9 cm³/mol. The second-order valence-corrected chi connectivity index (χ2v) is 5.92. The van der Waals surface area contributed by atoms with Crippen LogP contribution in [0.5, 0.6) is 5.75 Å². The van der Waals surface area contributed by atoms with Gasteiger partial charge in [0.15, 0.2) is 6.29 Å². The Morgan fingerprint density at radius 3 is 2.16 bits per heavy atom. The number of carbonyl (C=O) groups is 1. The summed E-state index contributed by atoms with van der Waals surface area (Å²) >= 11 is 0. The highest BCUT2D eigenvalue weighted by Crippen LogP contribution is 2.37. The molecule has 1 fully saturated rings. The van der Waals surface area contributed by atoms with Crippen molar-refractivity contribution in [1.29, 1.82) is 0 Å². The van der Waals surface area contributed by atoms with Crippen molar-refractivity contribution in [3.63, 3.8) is 0 Å². The van der Waals surface area contributed by atoms with Crippen LogP contribution in [-0.2, 0) is 9.31 Å². The number of aldehydes is 1. The van der Waals surface area contributed by atoms with Crippen LogP contribution < -0.4 is 5.46 Å². The summed E-state index contributed by atoms with van der Waals surface area (Å²) in [6.07, 6.45) is 0.652. The number of carbonyl (C=O) groups excluding carboxylic acids is 1. The Morgan fingerprint density at radius 1 is 1.16 bits per heavy atom. The van der Waals surface area contributed by atoms with E-state index in [4.69, 9.17) is 9.31 Å². The fourth-order valence-corrected chi connectivity index (χ4v) is 2.11. The van der Waals surface area contributed by atoms with E-state index in [2.05, 4.69) is 0 Å². The normalized spacial score (nSPS) is 20.6. The average molecular weight is 262 g/mol. The molecule has 4 nitrogen and oxygen atoms in total. The van der Waals surface area contributed by atoms with Crippen LogP contribution in [0.3, 0.4) is 0 Å². The number of phenolic OH excluding ortho intramolecular Hbond substituents is 1. The molecule has 0 saturated carbocycles. The molecule has 0 amide bonds. The Balaban J connectivity index is 2.43. The molecule has 1 aromatic rings. The van der Waals surface area contributed by atoms with Gasteiger partial charge >= 0.3 is 7.12 Å². The van der Waals surface area contributed by atoms with Gasteiger partial charge in [0, 0.05) is 0 Å². The third kappa shape index (κ3) is 2.17. The zero-order valence-corrected chi connectivity index (χ0v) is 12.0. The van der Waals surface area contributed by atoms with E-state index < -0.39 is 18.3 Å². The highest BCUT2D eigenvalue weighted by molar-refractivity contribution is 6.62. The van der Waals surface area contributed by atoms with Gasteiger partial charge in [0.1, 0.15) is 5.75 Å². The van der Waals surface area contributed by atoms with Crippen molar-refractivity contribution < 1.29 is 19.2 Å². The van der Waals surface area contributed by atoms with Crippen LogP contribution in [0, 0.1) is 6.92 Å². The monoisotopic (exact) mass is 262 g/mol. The van der Waals surface area contributed by atoms with Gasteiger partial charge in [0.2, 0.25) is 0 Å². The second-order valence-electron chi connectivity index (χ2n) is 5.92. The standard InChI is InChI=1S/C14H19BO4/c1-9-10(8-16)12(17)7-6-11(9)15-18-13(2,3)14(4,5)19-15/h6-8,17H,1-5H3. The van der Waals surface area contributed by atoms with Crippen molar-refractivity contribution in [3.05, 3.63) is 23.3 Å². The summed E-state index contributed by atoms with van der Waals surface area (Å²) in [4.78, 5) is 11.0. The molecule has 102 valence electrons. The summed E-state index contributed by atoms with van der Waals surface area (Å²) in [5, 5.41) is 9.65. The maximum absolute atomic E-state index is 11.0. The molecule has 19 heavy (non-hydrogen) atoms. The third-order valence-corrected chi connectivity index (χ3v) is 4.16. The molecule has 1 aromatic carbocycles. The van der Waals surface area contributed by atoms with Gasteiger partial charge in [-0.2, -0.15) is 0 Å². The van der Waals surface area contributed by atoms with Gasteiger partial charge in [-0.3, -0.25) is 4.79 Å². The van der Waals surface area contributed by atoms with E-state index >= 15 is 0 Å². The number of aromatic hydroxyl groups is 1. The van der Waals surface area contributed by atoms with Crippen LogP contribution in [0.1, 0.15) is 43.6 Å². The second kappa shape index (κ2) is 4.35. The molecule has 1 aliphatic heterocycles. The summed E-state index contributed by atoms with van der Waals surface area (Å²) in [6.45, 7) is 9.68. The van der Waals surface area contributed by atoms with E-state index in [-0.39, 0.29) is 11.3 Å². The molecule has 0 aromatic heterocycles. The summed E-state index contributed by atoms with van der Waals surface area (Å²) in [7, 11) is -0.524. The van der Waals surface area contributed by atoms with Crippen LogP contribution in [0.4, 0.5) is 0 Å². The Morgan fingerprint density at radius 2 is 1.68 bits per heavy atom. The fraction of sp³-hybridized carbons (Fsp3) is 0.500. The molecule has 0 radical (unpaired) electrons. The number of phenols is 1. The average Bonchev–Trinajstić information content (AvgIpc) is 2.48. The van der Waals surface area contributed by atoms with Gasteiger partial charge in [0.25, 0.3) is 0 Å². The van der Waals surface area contributed by atoms with Gasteiger partial charge < -0.3 is 14.4 Å². The largest absolute Gasteiger partial charge is 0.507 e. The lowest BCUT2D eigenvalue weighted by Crippen LogP contribution is -2.41. The third-order valence-electron chi connectivity index (χ3n) is 4.16. The van der Waals surface area contributed by atoms with Crippen molar-refractivity contribution in [2.24, 2.45) is 0 Å². The summed E-state index contributed by atoms with van der Waals surface area (Å²) in [5.74, 6) is -0.0206. The predicted octanol–water partition coefficient (Wildman–Crippen LogP) is 1.81. The lowest BCUT2D eigenvalue weighted by Gasteiger charge is -2.32. The van der Waals surface area contributed by atoms with Crippen molar-refractivity contribution in [1.82, 2.24) is 0 Å². The molecule has 1 heterocycles. The van der Waals surface area contributed by atoms with Crippen LogP contribution >= 0.6 is 0 Å². The first-order valence-electron chi connectivity index (χ1n) is 6.33. The molecule has 0 unspecified atom stereocenters. The van der Waals surface area contributed by atoms with E-state index in [0.29, 0.717) is 11.8 Å². The van der Waals surface area contributed by atoms with Crippen molar-refractivity contribution in [2.75, 3.05) is 0 Å². The number of rotatable bonds is 2. The first-order valence-corrected chi connectivity index (χ1v) is 6.33. The van der Waals surface area contributed by atoms with Crippen molar-refractivity contribution >= 4 is 18.9 Å². The van der Waals surface area contributed by atoms with Crippen LogP contribution in [0.2, 0.25) is 0 Å². The highest BCUT2D eigenvalue weighted by atomic mass is 16.7. The number of hydrogen-bond donors (Lipinski definition) is 1. The molecule has 0 atom stereocenters. The Labute approximate surface area is 113 Å². The van der Waals surface area contributed by atoms with E-state index in [1.165, 1.54) is 6.07 Å². The van der Waals surface area contributed by atoms with Crippen molar-refractivity contribution in [2.45, 2.75) is 45.8 Å². The molecule has 1 aliphatic rings. The number of benzene rings is 1. The quantitative estimate of drug-likeness (QED) is 0.652. The van der Waals surface area contributed by atoms with Crippen molar-refractivity contribution in [3.8, 4) is 5.75 Å². The lowest BCUT2D eigenvalue weighted by molar-refractivity contribution is 0.00578. The van der Waals surface area contributed by atoms with Crippen LogP contribution in [-0.4, -0.2) is 29.7 Å². The molecule has 1 N–H and O–H groups in total. The topological polar surface area (TPSA) is 55.8 Å². The molecule has 0 spiro atoms. The SMILES string of the molecule is Cc1c(B2OC(C)(C)C(C)(C)O2)ccc(O)c1C=O. The zero-order chi connectivity index (χ0) is 14.4. The van der Waals surface area contributed by atoms with Crippen LogP contribution in [0.15, 0.2) is 12.1 Å². The smallest absolute Gasteiger partial charge is 0.495 e. The van der Waals surface area contributed by atoms with Crippen LogP contribution in [0.25, 0.3) is 0 Å². The highest BCUT2D eigenvalue weighted by Gasteiger charge is 2.52. The Kier molecular flexibility index (Phi) is 3.23. The molecule has 2 rings (SSSR count). The molecular weight excluding hydrogens is 243 g/mol. The lowest BCUT2D eigenvalue weighted by atomic mass is 9.75. The van der Waals surface area contributed by atoms with Gasteiger partial charge in [-0.25, -0.2) is 0 Å². The first kappa shape index (κ1) is 14.1. The molecule has 5 heteroatoms. The molecule has 1 saturated heterocycles. The van der Waals surface area contributed by atoms with E-state index in [0.717, 1.165) is 5.46 Å². The Bertz CT molecular complexity index is 506. The fourth-order valence-electron chi connectivity index (χ4n) is 2.11. The summed E-state index contributed by atoms with van der Waals surface area (Å²) < 4.78 is 11.9. The van der Waals surface area contributed by atoms with E-state index in [9.17, 15) is 9.90 Å². The van der Waals surface area contributed by atoms with Gasteiger partial charge in [-0.15, -0.1) is 0 Å². The molecule has 0 bridgehead atoms. The Hall–Kier alpha value is -1.33. The maximum atomic E-state index is 11.0. The van der Waals surface area contributed by atoms with E-state index in [1.54, 1.807) is 13.0 Å².